The molecule has 0 spiro atoms. The molecule has 1 fully saturated rings. The van der Waals surface area contributed by atoms with Crippen LogP contribution in [-0.4, -0.2) is 12.1 Å². The predicted octanol–water partition coefficient (Wildman–Crippen LogP) is 1.70. The van der Waals surface area contributed by atoms with E-state index in [1.165, 1.54) is 5.57 Å². The van der Waals surface area contributed by atoms with Gasteiger partial charge in [0.15, 0.2) is 0 Å². The molecule has 1 N–H and O–H groups in total. The average Bonchev–Trinajstić information content (AvgIpc) is 1.59. The zero-order valence-electron chi connectivity index (χ0n) is 6.28. The van der Waals surface area contributed by atoms with Gasteiger partial charge in [0, 0.05) is 12.1 Å². The Hall–Kier alpha value is -0.300. The van der Waals surface area contributed by atoms with E-state index in [2.05, 4.69) is 25.7 Å². The Kier molecular flexibility index (Phi) is 1.91. The normalized spacial score (nSPS) is 36.9. The van der Waals surface area contributed by atoms with Crippen LogP contribution in [0.3, 0.4) is 0 Å². The zero-order valence-corrected chi connectivity index (χ0v) is 6.28. The lowest BCUT2D eigenvalue weighted by atomic mass is 9.96. The first-order valence-electron chi connectivity index (χ1n) is 3.61. The van der Waals surface area contributed by atoms with Gasteiger partial charge in [-0.25, -0.2) is 0 Å². The van der Waals surface area contributed by atoms with E-state index < -0.39 is 0 Å². The van der Waals surface area contributed by atoms with Crippen LogP contribution in [0.5, 0.6) is 0 Å². The summed E-state index contributed by atoms with van der Waals surface area (Å²) in [4.78, 5) is 0. The molecule has 0 saturated carbocycles. The van der Waals surface area contributed by atoms with Gasteiger partial charge in [-0.1, -0.05) is 12.2 Å². The average molecular weight is 125 g/mol. The molecule has 1 heterocycles. The van der Waals surface area contributed by atoms with Crippen LogP contribution in [-0.2, 0) is 0 Å². The van der Waals surface area contributed by atoms with E-state index in [4.69, 9.17) is 0 Å². The fourth-order valence-corrected chi connectivity index (χ4v) is 1.55. The Bertz CT molecular complexity index is 106. The number of hydrogen-bond donors (Lipinski definition) is 1. The zero-order chi connectivity index (χ0) is 6.85. The molecule has 0 aromatic rings. The fraction of sp³-hybridized carbons (Fsp3) is 0.750. The summed E-state index contributed by atoms with van der Waals surface area (Å²) in [6, 6.07) is 1.28. The van der Waals surface area contributed by atoms with Crippen LogP contribution in [0.1, 0.15) is 26.7 Å². The lowest BCUT2D eigenvalue weighted by Gasteiger charge is -2.27. The first-order chi connectivity index (χ1) is 4.18. The monoisotopic (exact) mass is 125 g/mol. The van der Waals surface area contributed by atoms with Gasteiger partial charge in [0.25, 0.3) is 0 Å². The van der Waals surface area contributed by atoms with Gasteiger partial charge in [-0.2, -0.15) is 0 Å². The number of hydrogen-bond acceptors (Lipinski definition) is 1. The molecule has 9 heavy (non-hydrogen) atoms. The molecule has 1 heteroatoms. The number of nitrogens with one attached hydrogen (secondary N) is 1. The van der Waals surface area contributed by atoms with E-state index in [-0.39, 0.29) is 0 Å². The van der Waals surface area contributed by atoms with Gasteiger partial charge in [0.1, 0.15) is 0 Å². The molecule has 0 aromatic carbocycles. The minimum absolute atomic E-state index is 0.640. The maximum absolute atomic E-state index is 3.98. The maximum Gasteiger partial charge on any atom is 0.00784 e. The molecule has 0 aliphatic carbocycles. The third-order valence-corrected chi connectivity index (χ3v) is 1.76. The minimum Gasteiger partial charge on any atom is -0.311 e. The predicted molar refractivity (Wildman–Crippen MR) is 40.4 cm³/mol. The molecule has 0 aromatic heterocycles. The van der Waals surface area contributed by atoms with Crippen molar-refractivity contribution in [3.8, 4) is 0 Å². The fourth-order valence-electron chi connectivity index (χ4n) is 1.55. The lowest BCUT2D eigenvalue weighted by molar-refractivity contribution is 0.412. The standard InChI is InChI=1S/C8H15N/c1-6-4-7(2)9-8(3)5-6/h7-9H,1,4-5H2,2-3H3/t7-,8-/m1/s1. The van der Waals surface area contributed by atoms with Crippen LogP contribution in [0.25, 0.3) is 0 Å². The van der Waals surface area contributed by atoms with Crippen molar-refractivity contribution in [1.29, 1.82) is 0 Å². The van der Waals surface area contributed by atoms with Gasteiger partial charge in [0.2, 0.25) is 0 Å². The summed E-state index contributed by atoms with van der Waals surface area (Å²) in [5.74, 6) is 0. The molecule has 1 aliphatic heterocycles. The van der Waals surface area contributed by atoms with Crippen molar-refractivity contribution in [1.82, 2.24) is 5.32 Å². The summed E-state index contributed by atoms with van der Waals surface area (Å²) in [5.41, 5.74) is 1.40. The summed E-state index contributed by atoms with van der Waals surface area (Å²) < 4.78 is 0. The minimum atomic E-state index is 0.640. The molecule has 1 rings (SSSR count). The Morgan fingerprint density at radius 1 is 1.33 bits per heavy atom. The van der Waals surface area contributed by atoms with Gasteiger partial charge < -0.3 is 5.32 Å². The maximum atomic E-state index is 3.98. The van der Waals surface area contributed by atoms with E-state index in [1.807, 2.05) is 0 Å². The van der Waals surface area contributed by atoms with Crippen molar-refractivity contribution in [3.05, 3.63) is 12.2 Å². The van der Waals surface area contributed by atoms with E-state index in [0.717, 1.165) is 12.8 Å². The van der Waals surface area contributed by atoms with Crippen LogP contribution in [0.4, 0.5) is 0 Å². The molecule has 52 valence electrons. The van der Waals surface area contributed by atoms with Crippen molar-refractivity contribution in [2.45, 2.75) is 38.8 Å². The van der Waals surface area contributed by atoms with E-state index in [1.54, 1.807) is 0 Å². The summed E-state index contributed by atoms with van der Waals surface area (Å²) in [5, 5.41) is 3.45. The molecule has 1 aliphatic rings. The molecule has 1 nitrogen and oxygen atoms in total. The van der Waals surface area contributed by atoms with Crippen molar-refractivity contribution >= 4 is 0 Å². The Morgan fingerprint density at radius 2 is 1.78 bits per heavy atom. The molecule has 0 radical (unpaired) electrons. The summed E-state index contributed by atoms with van der Waals surface area (Å²) in [6.07, 6.45) is 2.31. The molecule has 0 bridgehead atoms. The summed E-state index contributed by atoms with van der Waals surface area (Å²) in [7, 11) is 0. The van der Waals surface area contributed by atoms with E-state index >= 15 is 0 Å². The second kappa shape index (κ2) is 2.53. The number of rotatable bonds is 0. The highest BCUT2D eigenvalue weighted by atomic mass is 14.9. The van der Waals surface area contributed by atoms with E-state index in [9.17, 15) is 0 Å². The van der Waals surface area contributed by atoms with Crippen LogP contribution in [0.15, 0.2) is 12.2 Å². The van der Waals surface area contributed by atoms with Crippen LogP contribution < -0.4 is 5.32 Å². The molecule has 2 atom stereocenters. The van der Waals surface area contributed by atoms with Crippen molar-refractivity contribution in [2.24, 2.45) is 0 Å². The van der Waals surface area contributed by atoms with Crippen LogP contribution in [0.2, 0.25) is 0 Å². The van der Waals surface area contributed by atoms with Gasteiger partial charge in [0.05, 0.1) is 0 Å². The third kappa shape index (κ3) is 1.83. The molecule has 0 amide bonds. The number of piperidine rings is 1. The van der Waals surface area contributed by atoms with Crippen LogP contribution in [0, 0.1) is 0 Å². The topological polar surface area (TPSA) is 12.0 Å². The Balaban J connectivity index is 2.43. The van der Waals surface area contributed by atoms with Gasteiger partial charge >= 0.3 is 0 Å². The summed E-state index contributed by atoms with van der Waals surface area (Å²) >= 11 is 0. The second-order valence-electron chi connectivity index (χ2n) is 3.13. The molecule has 0 unspecified atom stereocenters. The van der Waals surface area contributed by atoms with Crippen LogP contribution >= 0.6 is 0 Å². The lowest BCUT2D eigenvalue weighted by Crippen LogP contribution is -2.39. The summed E-state index contributed by atoms with van der Waals surface area (Å²) in [6.45, 7) is 8.39. The largest absolute Gasteiger partial charge is 0.311 e. The SMILES string of the molecule is C=C1C[C@@H](C)N[C@H](C)C1. The smallest absolute Gasteiger partial charge is 0.00784 e. The molecular weight excluding hydrogens is 110 g/mol. The molecule has 1 saturated heterocycles. The molecular formula is C8H15N. The second-order valence-corrected chi connectivity index (χ2v) is 3.13. The Morgan fingerprint density at radius 3 is 2.11 bits per heavy atom. The van der Waals surface area contributed by atoms with Crippen molar-refractivity contribution in [3.63, 3.8) is 0 Å². The Labute approximate surface area is 57.1 Å². The van der Waals surface area contributed by atoms with Crippen molar-refractivity contribution < 1.29 is 0 Å². The first-order valence-corrected chi connectivity index (χ1v) is 3.61. The highest BCUT2D eigenvalue weighted by Crippen LogP contribution is 2.16. The highest BCUT2D eigenvalue weighted by Gasteiger charge is 2.15. The van der Waals surface area contributed by atoms with E-state index in [0.29, 0.717) is 12.1 Å². The van der Waals surface area contributed by atoms with Gasteiger partial charge in [-0.15, -0.1) is 0 Å². The third-order valence-electron chi connectivity index (χ3n) is 1.76. The first kappa shape index (κ1) is 6.81. The highest BCUT2D eigenvalue weighted by molar-refractivity contribution is 5.03. The quantitative estimate of drug-likeness (QED) is 0.486. The van der Waals surface area contributed by atoms with Gasteiger partial charge in [-0.05, 0) is 26.7 Å². The van der Waals surface area contributed by atoms with Crippen molar-refractivity contribution in [2.75, 3.05) is 0 Å². The van der Waals surface area contributed by atoms with Gasteiger partial charge in [-0.3, -0.25) is 0 Å².